The third-order valence-corrected chi connectivity index (χ3v) is 4.70. The van der Waals surface area contributed by atoms with Gasteiger partial charge in [0.15, 0.2) is 0 Å². The molecule has 1 aliphatic heterocycles. The Kier molecular flexibility index (Phi) is 5.80. The van der Waals surface area contributed by atoms with Crippen molar-refractivity contribution in [2.75, 3.05) is 19.6 Å². The van der Waals surface area contributed by atoms with Crippen molar-refractivity contribution in [2.24, 2.45) is 17.8 Å². The number of carboxylic acid groups (broad SMARTS) is 1. The fourth-order valence-corrected chi connectivity index (χ4v) is 3.30. The zero-order valence-electron chi connectivity index (χ0n) is 13.2. The van der Waals surface area contributed by atoms with Crippen molar-refractivity contribution in [3.8, 4) is 0 Å². The van der Waals surface area contributed by atoms with Crippen LogP contribution in [0.25, 0.3) is 0 Å². The first-order chi connectivity index (χ1) is 10.5. The van der Waals surface area contributed by atoms with Crippen LogP contribution < -0.4 is 5.32 Å². The van der Waals surface area contributed by atoms with Crippen molar-refractivity contribution in [1.82, 2.24) is 10.2 Å². The summed E-state index contributed by atoms with van der Waals surface area (Å²) in [6, 6.07) is 0. The summed E-state index contributed by atoms with van der Waals surface area (Å²) in [5.74, 6) is -0.426. The SMILES string of the molecule is CC(=O)NCCCCCC(=O)N1C[C@H](C(=O)O)[C@@H](C2CC2)C1. The maximum Gasteiger partial charge on any atom is 0.308 e. The van der Waals surface area contributed by atoms with E-state index in [0.717, 1.165) is 32.1 Å². The minimum Gasteiger partial charge on any atom is -0.481 e. The van der Waals surface area contributed by atoms with E-state index in [-0.39, 0.29) is 23.7 Å². The van der Waals surface area contributed by atoms with Crippen molar-refractivity contribution < 1.29 is 19.5 Å². The van der Waals surface area contributed by atoms with Crippen molar-refractivity contribution in [3.05, 3.63) is 0 Å². The number of carboxylic acids is 1. The fraction of sp³-hybridized carbons (Fsp3) is 0.812. The van der Waals surface area contributed by atoms with Crippen LogP contribution in [0.3, 0.4) is 0 Å². The summed E-state index contributed by atoms with van der Waals surface area (Å²) >= 11 is 0. The molecular formula is C16H26N2O4. The molecular weight excluding hydrogens is 284 g/mol. The van der Waals surface area contributed by atoms with Gasteiger partial charge in [-0.25, -0.2) is 0 Å². The first kappa shape index (κ1) is 16.8. The molecule has 0 aromatic heterocycles. The van der Waals surface area contributed by atoms with Gasteiger partial charge in [0.2, 0.25) is 11.8 Å². The van der Waals surface area contributed by atoms with Crippen LogP contribution in [0.1, 0.15) is 45.4 Å². The maximum absolute atomic E-state index is 12.2. The number of nitrogens with one attached hydrogen (secondary N) is 1. The number of aliphatic carboxylic acids is 1. The Balaban J connectivity index is 1.67. The van der Waals surface area contributed by atoms with Gasteiger partial charge in [-0.15, -0.1) is 0 Å². The van der Waals surface area contributed by atoms with Crippen molar-refractivity contribution in [2.45, 2.75) is 45.4 Å². The highest BCUT2D eigenvalue weighted by molar-refractivity contribution is 5.79. The van der Waals surface area contributed by atoms with E-state index in [0.29, 0.717) is 32.0 Å². The zero-order valence-corrected chi connectivity index (χ0v) is 13.2. The molecule has 124 valence electrons. The van der Waals surface area contributed by atoms with Crippen LogP contribution in [-0.4, -0.2) is 47.4 Å². The predicted octanol–water partition coefficient (Wildman–Crippen LogP) is 1.25. The van der Waals surface area contributed by atoms with E-state index in [9.17, 15) is 19.5 Å². The Bertz CT molecular complexity index is 434. The number of carbonyl (C=O) groups is 3. The van der Waals surface area contributed by atoms with Crippen LogP contribution >= 0.6 is 0 Å². The number of hydrogen-bond acceptors (Lipinski definition) is 3. The number of rotatable bonds is 8. The van der Waals surface area contributed by atoms with E-state index in [2.05, 4.69) is 5.32 Å². The van der Waals surface area contributed by atoms with E-state index in [1.807, 2.05) is 0 Å². The van der Waals surface area contributed by atoms with Crippen molar-refractivity contribution >= 4 is 17.8 Å². The van der Waals surface area contributed by atoms with Crippen LogP contribution in [-0.2, 0) is 14.4 Å². The number of unbranched alkanes of at least 4 members (excludes halogenated alkanes) is 2. The summed E-state index contributed by atoms with van der Waals surface area (Å²) in [7, 11) is 0. The molecule has 0 unspecified atom stereocenters. The number of amides is 2. The van der Waals surface area contributed by atoms with E-state index < -0.39 is 5.97 Å². The third-order valence-electron chi connectivity index (χ3n) is 4.70. The van der Waals surface area contributed by atoms with Gasteiger partial charge in [0.25, 0.3) is 0 Å². The summed E-state index contributed by atoms with van der Waals surface area (Å²) in [5, 5.41) is 12.0. The van der Waals surface area contributed by atoms with Gasteiger partial charge in [0.1, 0.15) is 0 Å². The highest BCUT2D eigenvalue weighted by Crippen LogP contribution is 2.44. The Morgan fingerprint density at radius 3 is 2.45 bits per heavy atom. The van der Waals surface area contributed by atoms with Gasteiger partial charge in [0, 0.05) is 33.0 Å². The lowest BCUT2D eigenvalue weighted by atomic mass is 9.92. The smallest absolute Gasteiger partial charge is 0.308 e. The molecule has 22 heavy (non-hydrogen) atoms. The number of nitrogens with zero attached hydrogens (tertiary/aromatic N) is 1. The van der Waals surface area contributed by atoms with Gasteiger partial charge in [-0.1, -0.05) is 6.42 Å². The monoisotopic (exact) mass is 310 g/mol. The molecule has 6 heteroatoms. The van der Waals surface area contributed by atoms with Gasteiger partial charge in [0.05, 0.1) is 5.92 Å². The van der Waals surface area contributed by atoms with Gasteiger partial charge < -0.3 is 15.3 Å². The fourth-order valence-electron chi connectivity index (χ4n) is 3.30. The van der Waals surface area contributed by atoms with Gasteiger partial charge in [-0.3, -0.25) is 14.4 Å². The molecule has 1 saturated heterocycles. The summed E-state index contributed by atoms with van der Waals surface area (Å²) in [6.07, 6.45) is 5.26. The average Bonchev–Trinajstić information content (AvgIpc) is 3.20. The number of likely N-dealkylation sites (tertiary alicyclic amines) is 1. The van der Waals surface area contributed by atoms with E-state index in [1.165, 1.54) is 6.92 Å². The molecule has 1 aliphatic carbocycles. The molecule has 6 nitrogen and oxygen atoms in total. The Hall–Kier alpha value is -1.59. The van der Waals surface area contributed by atoms with Crippen LogP contribution in [0.5, 0.6) is 0 Å². The second-order valence-electron chi connectivity index (χ2n) is 6.54. The molecule has 2 atom stereocenters. The molecule has 0 aromatic rings. The van der Waals surface area contributed by atoms with Gasteiger partial charge >= 0.3 is 5.97 Å². The highest BCUT2D eigenvalue weighted by Gasteiger charge is 2.46. The normalized spacial score (nSPS) is 24.3. The Morgan fingerprint density at radius 2 is 1.86 bits per heavy atom. The summed E-state index contributed by atoms with van der Waals surface area (Å²) < 4.78 is 0. The second-order valence-corrected chi connectivity index (χ2v) is 6.54. The lowest BCUT2D eigenvalue weighted by Gasteiger charge is -2.16. The lowest BCUT2D eigenvalue weighted by Crippen LogP contribution is -2.29. The van der Waals surface area contributed by atoms with Crippen LogP contribution in [0, 0.1) is 17.8 Å². The van der Waals surface area contributed by atoms with Gasteiger partial charge in [-0.2, -0.15) is 0 Å². The van der Waals surface area contributed by atoms with E-state index in [4.69, 9.17) is 0 Å². The Labute approximate surface area is 131 Å². The summed E-state index contributed by atoms with van der Waals surface area (Å²) in [4.78, 5) is 36.0. The molecule has 1 saturated carbocycles. The summed E-state index contributed by atoms with van der Waals surface area (Å²) in [5.41, 5.74) is 0. The molecule has 0 spiro atoms. The van der Waals surface area contributed by atoms with E-state index in [1.54, 1.807) is 4.90 Å². The molecule has 2 N–H and O–H groups in total. The van der Waals surface area contributed by atoms with Crippen molar-refractivity contribution in [3.63, 3.8) is 0 Å². The molecule has 2 rings (SSSR count). The standard InChI is InChI=1S/C16H26N2O4/c1-11(19)17-8-4-2-3-5-15(20)18-9-13(12-6-7-12)14(10-18)16(21)22/h12-14H,2-10H2,1H3,(H,17,19)(H,21,22)/t13-,14+/m1/s1. The maximum atomic E-state index is 12.2. The minimum absolute atomic E-state index is 0.0287. The second kappa shape index (κ2) is 7.61. The number of hydrogen-bond donors (Lipinski definition) is 2. The molecule has 1 heterocycles. The van der Waals surface area contributed by atoms with E-state index >= 15 is 0 Å². The third kappa shape index (κ3) is 4.71. The first-order valence-electron chi connectivity index (χ1n) is 8.24. The lowest BCUT2D eigenvalue weighted by molar-refractivity contribution is -0.142. The molecule has 0 radical (unpaired) electrons. The first-order valence-corrected chi connectivity index (χ1v) is 8.24. The highest BCUT2D eigenvalue weighted by atomic mass is 16.4. The molecule has 0 bridgehead atoms. The average molecular weight is 310 g/mol. The summed E-state index contributed by atoms with van der Waals surface area (Å²) in [6.45, 7) is 3.14. The Morgan fingerprint density at radius 1 is 1.14 bits per heavy atom. The molecule has 2 fully saturated rings. The van der Waals surface area contributed by atoms with Crippen LogP contribution in [0.2, 0.25) is 0 Å². The topological polar surface area (TPSA) is 86.7 Å². The van der Waals surface area contributed by atoms with Crippen molar-refractivity contribution in [1.29, 1.82) is 0 Å². The van der Waals surface area contributed by atoms with Crippen LogP contribution in [0.15, 0.2) is 0 Å². The molecule has 0 aromatic carbocycles. The molecule has 2 aliphatic rings. The quantitative estimate of drug-likeness (QED) is 0.661. The molecule has 2 amide bonds. The zero-order chi connectivity index (χ0) is 16.1. The largest absolute Gasteiger partial charge is 0.481 e. The van der Waals surface area contributed by atoms with Gasteiger partial charge in [-0.05, 0) is 37.5 Å². The van der Waals surface area contributed by atoms with Crippen LogP contribution in [0.4, 0.5) is 0 Å². The predicted molar refractivity (Wildman–Crippen MR) is 81.1 cm³/mol. The number of carbonyl (C=O) groups excluding carboxylic acids is 2. The minimum atomic E-state index is -0.762.